The second-order valence-corrected chi connectivity index (χ2v) is 5.43. The molecule has 0 radical (unpaired) electrons. The maximum atomic E-state index is 9.48. The minimum Gasteiger partial charge on any atom is -0.395 e. The smallest absolute Gasteiger partial charge is 0.0587 e. The van der Waals surface area contributed by atoms with Gasteiger partial charge in [0.05, 0.1) is 6.61 Å². The van der Waals surface area contributed by atoms with Crippen molar-refractivity contribution < 1.29 is 5.11 Å². The summed E-state index contributed by atoms with van der Waals surface area (Å²) in [5, 5.41) is 9.48. The average Bonchev–Trinajstić information content (AvgIpc) is 2.79. The maximum Gasteiger partial charge on any atom is 0.0587 e. The SMILES string of the molecule is Cc1ccc(C(C(C)N)N2CCCC2CO)cc1. The number of rotatable bonds is 4. The Bertz CT molecular complexity index is 375. The summed E-state index contributed by atoms with van der Waals surface area (Å²) in [5.41, 5.74) is 8.71. The number of benzene rings is 1. The second kappa shape index (κ2) is 5.83. The van der Waals surface area contributed by atoms with Gasteiger partial charge in [0.15, 0.2) is 0 Å². The summed E-state index contributed by atoms with van der Waals surface area (Å²) >= 11 is 0. The van der Waals surface area contributed by atoms with E-state index in [2.05, 4.69) is 43.0 Å². The van der Waals surface area contributed by atoms with Crippen LogP contribution in [0.1, 0.15) is 36.9 Å². The molecule has 0 amide bonds. The third-order valence-corrected chi connectivity index (χ3v) is 3.91. The van der Waals surface area contributed by atoms with E-state index < -0.39 is 0 Å². The van der Waals surface area contributed by atoms with E-state index in [1.807, 2.05) is 0 Å². The van der Waals surface area contributed by atoms with E-state index in [-0.39, 0.29) is 24.7 Å². The van der Waals surface area contributed by atoms with Gasteiger partial charge in [-0.25, -0.2) is 0 Å². The van der Waals surface area contributed by atoms with Crippen molar-refractivity contribution in [3.63, 3.8) is 0 Å². The molecule has 1 fully saturated rings. The zero-order valence-electron chi connectivity index (χ0n) is 11.3. The molecule has 3 atom stereocenters. The number of aryl methyl sites for hydroxylation is 1. The molecule has 100 valence electrons. The molecule has 3 nitrogen and oxygen atoms in total. The van der Waals surface area contributed by atoms with Gasteiger partial charge < -0.3 is 10.8 Å². The number of hydrogen-bond donors (Lipinski definition) is 2. The molecule has 1 aliphatic rings. The summed E-state index contributed by atoms with van der Waals surface area (Å²) < 4.78 is 0. The molecule has 0 aliphatic carbocycles. The van der Waals surface area contributed by atoms with Crippen LogP contribution in [0.3, 0.4) is 0 Å². The van der Waals surface area contributed by atoms with Crippen molar-refractivity contribution in [3.05, 3.63) is 35.4 Å². The molecule has 0 aromatic heterocycles. The first-order valence-corrected chi connectivity index (χ1v) is 6.82. The summed E-state index contributed by atoms with van der Waals surface area (Å²) in [6.07, 6.45) is 2.23. The predicted molar refractivity (Wildman–Crippen MR) is 74.4 cm³/mol. The predicted octanol–water partition coefficient (Wildman–Crippen LogP) is 1.84. The van der Waals surface area contributed by atoms with E-state index >= 15 is 0 Å². The van der Waals surface area contributed by atoms with Gasteiger partial charge in [-0.1, -0.05) is 29.8 Å². The summed E-state index contributed by atoms with van der Waals surface area (Å²) in [6.45, 7) is 5.41. The van der Waals surface area contributed by atoms with Crippen LogP contribution in [0.25, 0.3) is 0 Å². The minimum absolute atomic E-state index is 0.0693. The highest BCUT2D eigenvalue weighted by molar-refractivity contribution is 5.25. The quantitative estimate of drug-likeness (QED) is 0.855. The van der Waals surface area contributed by atoms with Gasteiger partial charge >= 0.3 is 0 Å². The highest BCUT2D eigenvalue weighted by atomic mass is 16.3. The van der Waals surface area contributed by atoms with Crippen LogP contribution in [0.4, 0.5) is 0 Å². The molecular formula is C15H24N2O. The molecule has 1 saturated heterocycles. The van der Waals surface area contributed by atoms with Gasteiger partial charge in [0.25, 0.3) is 0 Å². The second-order valence-electron chi connectivity index (χ2n) is 5.43. The Labute approximate surface area is 110 Å². The van der Waals surface area contributed by atoms with Gasteiger partial charge in [-0.15, -0.1) is 0 Å². The van der Waals surface area contributed by atoms with E-state index in [0.717, 1.165) is 19.4 Å². The fraction of sp³-hybridized carbons (Fsp3) is 0.600. The molecule has 3 unspecified atom stereocenters. The lowest BCUT2D eigenvalue weighted by Crippen LogP contribution is -2.43. The third kappa shape index (κ3) is 2.74. The van der Waals surface area contributed by atoms with Crippen molar-refractivity contribution in [2.75, 3.05) is 13.2 Å². The first-order chi connectivity index (χ1) is 8.63. The van der Waals surface area contributed by atoms with Gasteiger partial charge in [-0.3, -0.25) is 4.90 Å². The van der Waals surface area contributed by atoms with Crippen molar-refractivity contribution >= 4 is 0 Å². The van der Waals surface area contributed by atoms with Gasteiger partial charge in [0.2, 0.25) is 0 Å². The summed E-state index contributed by atoms with van der Waals surface area (Å²) in [4.78, 5) is 2.37. The molecule has 3 heteroatoms. The van der Waals surface area contributed by atoms with Crippen LogP contribution in [0.2, 0.25) is 0 Å². The summed E-state index contributed by atoms with van der Waals surface area (Å²) in [6, 6.07) is 9.14. The number of aliphatic hydroxyl groups is 1. The van der Waals surface area contributed by atoms with Crippen molar-refractivity contribution in [2.45, 2.75) is 44.8 Å². The van der Waals surface area contributed by atoms with Crippen LogP contribution in [0.5, 0.6) is 0 Å². The molecule has 0 bridgehead atoms. The van der Waals surface area contributed by atoms with E-state index in [1.165, 1.54) is 11.1 Å². The normalized spacial score (nSPS) is 24.1. The Kier molecular flexibility index (Phi) is 4.38. The largest absolute Gasteiger partial charge is 0.395 e. The standard InChI is InChI=1S/C15H24N2O/c1-11-5-7-13(8-6-11)15(12(2)16)17-9-3-4-14(17)10-18/h5-8,12,14-15,18H,3-4,9-10,16H2,1-2H3. The zero-order valence-corrected chi connectivity index (χ0v) is 11.3. The number of aliphatic hydroxyl groups excluding tert-OH is 1. The van der Waals surface area contributed by atoms with Crippen LogP contribution in [-0.2, 0) is 0 Å². The first kappa shape index (κ1) is 13.5. The lowest BCUT2D eigenvalue weighted by Gasteiger charge is -2.35. The lowest BCUT2D eigenvalue weighted by molar-refractivity contribution is 0.108. The highest BCUT2D eigenvalue weighted by Crippen LogP contribution is 2.31. The molecule has 0 spiro atoms. The Morgan fingerprint density at radius 2 is 2.06 bits per heavy atom. The van der Waals surface area contributed by atoms with E-state index in [4.69, 9.17) is 5.73 Å². The third-order valence-electron chi connectivity index (χ3n) is 3.91. The van der Waals surface area contributed by atoms with Crippen molar-refractivity contribution in [1.29, 1.82) is 0 Å². The molecule has 1 aliphatic heterocycles. The average molecular weight is 248 g/mol. The zero-order chi connectivity index (χ0) is 13.1. The van der Waals surface area contributed by atoms with Gasteiger partial charge in [0, 0.05) is 18.1 Å². The van der Waals surface area contributed by atoms with Crippen LogP contribution in [0, 0.1) is 6.92 Å². The maximum absolute atomic E-state index is 9.48. The monoisotopic (exact) mass is 248 g/mol. The van der Waals surface area contributed by atoms with Crippen molar-refractivity contribution in [2.24, 2.45) is 5.73 Å². The van der Waals surface area contributed by atoms with E-state index in [0.29, 0.717) is 0 Å². The van der Waals surface area contributed by atoms with Gasteiger partial charge in [-0.05, 0) is 38.8 Å². The van der Waals surface area contributed by atoms with Crippen LogP contribution in [-0.4, -0.2) is 35.2 Å². The Morgan fingerprint density at radius 1 is 1.39 bits per heavy atom. The molecule has 3 N–H and O–H groups in total. The Morgan fingerprint density at radius 3 is 2.61 bits per heavy atom. The summed E-state index contributed by atoms with van der Waals surface area (Å²) in [5.74, 6) is 0. The van der Waals surface area contributed by atoms with Crippen molar-refractivity contribution in [1.82, 2.24) is 4.90 Å². The minimum atomic E-state index is 0.0693. The molecule has 2 rings (SSSR count). The Balaban J connectivity index is 2.25. The Hall–Kier alpha value is -0.900. The van der Waals surface area contributed by atoms with E-state index in [9.17, 15) is 5.11 Å². The molecule has 1 heterocycles. The molecular weight excluding hydrogens is 224 g/mol. The molecule has 1 aromatic carbocycles. The number of hydrogen-bond acceptors (Lipinski definition) is 3. The number of nitrogens with two attached hydrogens (primary N) is 1. The van der Waals surface area contributed by atoms with E-state index in [1.54, 1.807) is 0 Å². The topological polar surface area (TPSA) is 49.5 Å². The molecule has 1 aromatic rings. The highest BCUT2D eigenvalue weighted by Gasteiger charge is 2.32. The molecule has 18 heavy (non-hydrogen) atoms. The fourth-order valence-electron chi connectivity index (χ4n) is 2.98. The van der Waals surface area contributed by atoms with Crippen molar-refractivity contribution in [3.8, 4) is 0 Å². The van der Waals surface area contributed by atoms with Crippen LogP contribution >= 0.6 is 0 Å². The van der Waals surface area contributed by atoms with Crippen LogP contribution < -0.4 is 5.73 Å². The number of likely N-dealkylation sites (tertiary alicyclic amines) is 1. The van der Waals surface area contributed by atoms with Gasteiger partial charge in [0.1, 0.15) is 0 Å². The number of nitrogens with zero attached hydrogens (tertiary/aromatic N) is 1. The first-order valence-electron chi connectivity index (χ1n) is 6.82. The lowest BCUT2D eigenvalue weighted by atomic mass is 9.97. The molecule has 0 saturated carbocycles. The van der Waals surface area contributed by atoms with Crippen LogP contribution in [0.15, 0.2) is 24.3 Å². The fourth-order valence-corrected chi connectivity index (χ4v) is 2.98. The van der Waals surface area contributed by atoms with Gasteiger partial charge in [-0.2, -0.15) is 0 Å². The summed E-state index contributed by atoms with van der Waals surface area (Å²) in [7, 11) is 0.